The monoisotopic (exact) mass is 272 g/mol. The summed E-state index contributed by atoms with van der Waals surface area (Å²) in [6.45, 7) is 10.7. The molecule has 19 heavy (non-hydrogen) atoms. The molecule has 2 unspecified atom stereocenters. The van der Waals surface area contributed by atoms with E-state index in [0.29, 0.717) is 19.3 Å². The van der Waals surface area contributed by atoms with Crippen LogP contribution in [-0.2, 0) is 9.47 Å². The first-order valence-electron chi connectivity index (χ1n) is 7.92. The molecule has 114 valence electrons. The maximum absolute atomic E-state index is 5.93. The summed E-state index contributed by atoms with van der Waals surface area (Å²) in [7, 11) is 0. The third-order valence-corrected chi connectivity index (χ3v) is 4.15. The van der Waals surface area contributed by atoms with Crippen molar-refractivity contribution in [2.75, 3.05) is 32.8 Å². The van der Waals surface area contributed by atoms with Gasteiger partial charge in [0.25, 0.3) is 0 Å². The Morgan fingerprint density at radius 3 is 2.42 bits per heavy atom. The molecule has 0 spiro atoms. The lowest BCUT2D eigenvalue weighted by Gasteiger charge is -2.39. The van der Waals surface area contributed by atoms with Crippen molar-refractivity contribution in [1.82, 2.24) is 4.90 Å². The second kappa shape index (κ2) is 9.70. The molecule has 1 rings (SSSR count). The van der Waals surface area contributed by atoms with Gasteiger partial charge in [-0.25, -0.2) is 0 Å². The highest BCUT2D eigenvalue weighted by molar-refractivity contribution is 4.82. The minimum absolute atomic E-state index is 0.0580. The molecule has 0 aliphatic carbocycles. The fourth-order valence-corrected chi connectivity index (χ4v) is 2.95. The van der Waals surface area contributed by atoms with Crippen molar-refractivity contribution in [3.05, 3.63) is 0 Å². The molecule has 2 atom stereocenters. The fraction of sp³-hybridized carbons (Fsp3) is 1.00. The first-order valence-corrected chi connectivity index (χ1v) is 7.92. The van der Waals surface area contributed by atoms with E-state index in [1.54, 1.807) is 0 Å². The number of nitrogens with two attached hydrogens (primary N) is 1. The average Bonchev–Trinajstić information content (AvgIpc) is 2.45. The van der Waals surface area contributed by atoms with Gasteiger partial charge in [-0.2, -0.15) is 0 Å². The number of hydrogen-bond donors (Lipinski definition) is 1. The lowest BCUT2D eigenvalue weighted by atomic mass is 9.89. The number of rotatable bonds is 9. The van der Waals surface area contributed by atoms with Crippen molar-refractivity contribution in [2.24, 2.45) is 11.7 Å². The summed E-state index contributed by atoms with van der Waals surface area (Å²) in [6.07, 6.45) is 4.72. The topological polar surface area (TPSA) is 47.7 Å². The van der Waals surface area contributed by atoms with E-state index in [4.69, 9.17) is 15.2 Å². The van der Waals surface area contributed by atoms with Crippen molar-refractivity contribution in [3.63, 3.8) is 0 Å². The van der Waals surface area contributed by atoms with Crippen LogP contribution in [0, 0.1) is 5.92 Å². The summed E-state index contributed by atoms with van der Waals surface area (Å²) in [5, 5.41) is 0. The predicted octanol–water partition coefficient (Wildman–Crippen LogP) is 2.22. The van der Waals surface area contributed by atoms with Crippen molar-refractivity contribution in [2.45, 2.75) is 58.8 Å². The second-order valence-corrected chi connectivity index (χ2v) is 5.35. The first kappa shape index (κ1) is 16.9. The van der Waals surface area contributed by atoms with Gasteiger partial charge in [0.1, 0.15) is 0 Å². The summed E-state index contributed by atoms with van der Waals surface area (Å²) in [4.78, 5) is 2.52. The number of nitrogens with zero attached hydrogens (tertiary/aromatic N) is 1. The SMILES string of the molecule is CCOC(CCN1CCC(CC)CC1CN)OCC. The van der Waals surface area contributed by atoms with Crippen molar-refractivity contribution >= 4 is 0 Å². The van der Waals surface area contributed by atoms with E-state index in [1.165, 1.54) is 25.8 Å². The van der Waals surface area contributed by atoms with Crippen LogP contribution in [-0.4, -0.2) is 50.1 Å². The van der Waals surface area contributed by atoms with Gasteiger partial charge in [0.05, 0.1) is 0 Å². The molecular formula is C15H32N2O2. The van der Waals surface area contributed by atoms with Crippen LogP contribution in [0.5, 0.6) is 0 Å². The maximum atomic E-state index is 5.93. The zero-order valence-corrected chi connectivity index (χ0v) is 12.9. The molecule has 0 aromatic carbocycles. The molecule has 1 fully saturated rings. The Morgan fingerprint density at radius 2 is 1.89 bits per heavy atom. The Bertz CT molecular complexity index is 220. The molecule has 0 amide bonds. The van der Waals surface area contributed by atoms with Crippen LogP contribution in [0.1, 0.15) is 46.5 Å². The predicted molar refractivity (Wildman–Crippen MR) is 79.1 cm³/mol. The number of piperidine rings is 1. The van der Waals surface area contributed by atoms with E-state index in [2.05, 4.69) is 11.8 Å². The zero-order valence-electron chi connectivity index (χ0n) is 12.9. The van der Waals surface area contributed by atoms with E-state index >= 15 is 0 Å². The highest BCUT2D eigenvalue weighted by Crippen LogP contribution is 2.25. The zero-order chi connectivity index (χ0) is 14.1. The molecule has 1 heterocycles. The highest BCUT2D eigenvalue weighted by Gasteiger charge is 2.26. The molecule has 2 N–H and O–H groups in total. The summed E-state index contributed by atoms with van der Waals surface area (Å²) in [5.74, 6) is 0.861. The number of likely N-dealkylation sites (tertiary alicyclic amines) is 1. The minimum Gasteiger partial charge on any atom is -0.353 e. The second-order valence-electron chi connectivity index (χ2n) is 5.35. The van der Waals surface area contributed by atoms with E-state index < -0.39 is 0 Å². The van der Waals surface area contributed by atoms with Crippen LogP contribution in [0.15, 0.2) is 0 Å². The van der Waals surface area contributed by atoms with Crippen molar-refractivity contribution in [1.29, 1.82) is 0 Å². The van der Waals surface area contributed by atoms with Gasteiger partial charge in [-0.05, 0) is 39.2 Å². The van der Waals surface area contributed by atoms with E-state index in [0.717, 1.165) is 25.4 Å². The number of hydrogen-bond acceptors (Lipinski definition) is 4. The highest BCUT2D eigenvalue weighted by atomic mass is 16.7. The first-order chi connectivity index (χ1) is 9.24. The Balaban J connectivity index is 2.37. The third-order valence-electron chi connectivity index (χ3n) is 4.15. The molecular weight excluding hydrogens is 240 g/mol. The van der Waals surface area contributed by atoms with E-state index in [1.807, 2.05) is 13.8 Å². The van der Waals surface area contributed by atoms with Gasteiger partial charge in [0.15, 0.2) is 6.29 Å². The quantitative estimate of drug-likeness (QED) is 0.654. The summed E-state index contributed by atoms with van der Waals surface area (Å²) in [6, 6.07) is 0.544. The van der Waals surface area contributed by atoms with Crippen LogP contribution >= 0.6 is 0 Å². The molecule has 0 aromatic rings. The van der Waals surface area contributed by atoms with Crippen molar-refractivity contribution < 1.29 is 9.47 Å². The van der Waals surface area contributed by atoms with Gasteiger partial charge < -0.3 is 15.2 Å². The Kier molecular flexibility index (Phi) is 8.62. The molecule has 0 saturated carbocycles. The average molecular weight is 272 g/mol. The van der Waals surface area contributed by atoms with Crippen LogP contribution < -0.4 is 5.73 Å². The maximum Gasteiger partial charge on any atom is 0.158 e. The lowest BCUT2D eigenvalue weighted by Crippen LogP contribution is -2.47. The lowest BCUT2D eigenvalue weighted by molar-refractivity contribution is -0.143. The minimum atomic E-state index is -0.0580. The molecule has 1 aliphatic heterocycles. The molecule has 1 aliphatic rings. The van der Waals surface area contributed by atoms with Crippen LogP contribution in [0.2, 0.25) is 0 Å². The largest absolute Gasteiger partial charge is 0.353 e. The molecule has 0 radical (unpaired) electrons. The standard InChI is InChI=1S/C15H32N2O2/c1-4-13-7-9-17(14(11-13)12-16)10-8-15(18-5-2)19-6-3/h13-15H,4-12,16H2,1-3H3. The summed E-state index contributed by atoms with van der Waals surface area (Å²) >= 11 is 0. The van der Waals surface area contributed by atoms with Crippen molar-refractivity contribution in [3.8, 4) is 0 Å². The van der Waals surface area contributed by atoms with Crippen LogP contribution in [0.3, 0.4) is 0 Å². The normalized spacial score (nSPS) is 25.1. The Labute approximate surface area is 118 Å². The van der Waals surface area contributed by atoms with Gasteiger partial charge in [0.2, 0.25) is 0 Å². The third kappa shape index (κ3) is 5.78. The van der Waals surface area contributed by atoms with Gasteiger partial charge in [-0.1, -0.05) is 13.3 Å². The molecule has 0 bridgehead atoms. The van der Waals surface area contributed by atoms with Crippen LogP contribution in [0.4, 0.5) is 0 Å². The van der Waals surface area contributed by atoms with Gasteiger partial charge in [0, 0.05) is 38.8 Å². The van der Waals surface area contributed by atoms with Crippen LogP contribution in [0.25, 0.3) is 0 Å². The van der Waals surface area contributed by atoms with E-state index in [9.17, 15) is 0 Å². The molecule has 4 nitrogen and oxygen atoms in total. The number of ether oxygens (including phenoxy) is 2. The van der Waals surface area contributed by atoms with Gasteiger partial charge >= 0.3 is 0 Å². The summed E-state index contributed by atoms with van der Waals surface area (Å²) < 4.78 is 11.2. The molecule has 4 heteroatoms. The summed E-state index contributed by atoms with van der Waals surface area (Å²) in [5.41, 5.74) is 5.93. The Morgan fingerprint density at radius 1 is 1.21 bits per heavy atom. The molecule has 0 aromatic heterocycles. The van der Waals surface area contributed by atoms with Gasteiger partial charge in [-0.3, -0.25) is 4.90 Å². The molecule has 1 saturated heterocycles. The van der Waals surface area contributed by atoms with E-state index in [-0.39, 0.29) is 6.29 Å². The Hall–Kier alpha value is -0.160. The van der Waals surface area contributed by atoms with Gasteiger partial charge in [-0.15, -0.1) is 0 Å². The fourth-order valence-electron chi connectivity index (χ4n) is 2.95. The smallest absolute Gasteiger partial charge is 0.158 e.